The first-order valence-electron chi connectivity index (χ1n) is 11.7. The average molecular weight is 472 g/mol. The van der Waals surface area contributed by atoms with Gasteiger partial charge in [-0.25, -0.2) is 0 Å². The first kappa shape index (κ1) is 21.6. The Morgan fingerprint density at radius 2 is 1.89 bits per heavy atom. The van der Waals surface area contributed by atoms with E-state index in [0.29, 0.717) is 43.5 Å². The van der Waals surface area contributed by atoms with Gasteiger partial charge in [-0.3, -0.25) is 9.69 Å². The second-order valence-electron chi connectivity index (χ2n) is 8.73. The van der Waals surface area contributed by atoms with Crippen LogP contribution in [-0.4, -0.2) is 30.8 Å². The number of hydrogen-bond acceptors (Lipinski definition) is 7. The van der Waals surface area contributed by atoms with Crippen LogP contribution in [-0.2, 0) is 13.1 Å². The molecule has 0 radical (unpaired) electrons. The maximum Gasteiger partial charge on any atom is 0.231 e. The Morgan fingerprint density at radius 1 is 1.03 bits per heavy atom. The molecule has 0 fully saturated rings. The second kappa shape index (κ2) is 8.67. The van der Waals surface area contributed by atoms with Crippen LogP contribution in [0.5, 0.6) is 28.7 Å². The van der Waals surface area contributed by atoms with Crippen molar-refractivity contribution in [1.29, 1.82) is 0 Å². The summed E-state index contributed by atoms with van der Waals surface area (Å²) in [6.45, 7) is 6.47. The average Bonchev–Trinajstić information content (AvgIpc) is 3.45. The van der Waals surface area contributed by atoms with Crippen LogP contribution in [0.4, 0.5) is 0 Å². The Kier molecular flexibility index (Phi) is 5.34. The van der Waals surface area contributed by atoms with E-state index in [9.17, 15) is 4.79 Å². The Hall–Kier alpha value is -3.97. The maximum absolute atomic E-state index is 13.3. The number of ketones is 1. The van der Waals surface area contributed by atoms with Crippen molar-refractivity contribution in [2.24, 2.45) is 0 Å². The van der Waals surface area contributed by atoms with Crippen molar-refractivity contribution in [3.05, 3.63) is 82.1 Å². The minimum atomic E-state index is -0.134. The van der Waals surface area contributed by atoms with E-state index < -0.39 is 0 Å². The lowest BCUT2D eigenvalue weighted by molar-refractivity contribution is 0.0876. The second-order valence-corrected chi connectivity index (χ2v) is 8.73. The number of para-hydroxylation sites is 1. The summed E-state index contributed by atoms with van der Waals surface area (Å²) in [6, 6.07) is 15.5. The van der Waals surface area contributed by atoms with Crippen molar-refractivity contribution in [1.82, 2.24) is 4.90 Å². The number of carbonyl (C=O) groups excluding carboxylic acids is 1. The van der Waals surface area contributed by atoms with Gasteiger partial charge in [-0.2, -0.15) is 0 Å². The topological polar surface area (TPSA) is 66.5 Å². The summed E-state index contributed by atoms with van der Waals surface area (Å²) >= 11 is 0. The van der Waals surface area contributed by atoms with Crippen molar-refractivity contribution in [3.63, 3.8) is 0 Å². The summed E-state index contributed by atoms with van der Waals surface area (Å²) < 4.78 is 28.8. The summed E-state index contributed by atoms with van der Waals surface area (Å²) in [4.78, 5) is 15.5. The molecule has 0 bridgehead atoms. The molecule has 0 atom stereocenters. The van der Waals surface area contributed by atoms with Crippen molar-refractivity contribution in [2.75, 3.05) is 20.1 Å². The van der Waals surface area contributed by atoms with Gasteiger partial charge in [-0.05, 0) is 49.8 Å². The van der Waals surface area contributed by atoms with Crippen LogP contribution in [0, 0.1) is 6.92 Å². The molecule has 0 aromatic heterocycles. The van der Waals surface area contributed by atoms with Crippen LogP contribution >= 0.6 is 0 Å². The van der Waals surface area contributed by atoms with Crippen molar-refractivity contribution in [2.45, 2.75) is 26.9 Å². The van der Waals surface area contributed by atoms with Gasteiger partial charge in [0.15, 0.2) is 17.3 Å². The number of benzene rings is 3. The lowest BCUT2D eigenvalue weighted by Crippen LogP contribution is -2.32. The third kappa shape index (κ3) is 3.88. The number of allylic oxidation sites excluding steroid dienone is 1. The summed E-state index contributed by atoms with van der Waals surface area (Å²) in [5.74, 6) is 3.76. The van der Waals surface area contributed by atoms with E-state index >= 15 is 0 Å². The van der Waals surface area contributed by atoms with Gasteiger partial charge in [0.25, 0.3) is 0 Å². The quantitative estimate of drug-likeness (QED) is 0.480. The fraction of sp³-hybridized carbons (Fsp3) is 0.250. The third-order valence-corrected chi connectivity index (χ3v) is 6.35. The van der Waals surface area contributed by atoms with Gasteiger partial charge in [0.1, 0.15) is 24.0 Å². The van der Waals surface area contributed by atoms with Crippen molar-refractivity contribution in [3.8, 4) is 28.7 Å². The van der Waals surface area contributed by atoms with Crippen LogP contribution in [0.3, 0.4) is 0 Å². The number of fused-ring (bicyclic) bond motifs is 3. The Bertz CT molecular complexity index is 1360. The molecule has 0 unspecified atom stereocenters. The van der Waals surface area contributed by atoms with Crippen LogP contribution in [0.2, 0.25) is 0 Å². The van der Waals surface area contributed by atoms with E-state index in [1.54, 1.807) is 6.08 Å². The number of nitrogens with zero attached hydrogens (tertiary/aromatic N) is 1. The Morgan fingerprint density at radius 3 is 2.77 bits per heavy atom. The molecule has 3 heterocycles. The van der Waals surface area contributed by atoms with E-state index in [2.05, 4.69) is 4.90 Å². The third-order valence-electron chi connectivity index (χ3n) is 6.35. The largest absolute Gasteiger partial charge is 0.493 e. The zero-order chi connectivity index (χ0) is 23.9. The number of Topliss-reactive ketones (excluding diaryl/α,β-unsaturated/α-hetero) is 1. The molecule has 0 saturated heterocycles. The lowest BCUT2D eigenvalue weighted by atomic mass is 9.99. The van der Waals surface area contributed by atoms with Crippen LogP contribution in [0.25, 0.3) is 6.08 Å². The van der Waals surface area contributed by atoms with Crippen molar-refractivity contribution >= 4 is 11.9 Å². The fourth-order valence-corrected chi connectivity index (χ4v) is 4.72. The zero-order valence-electron chi connectivity index (χ0n) is 19.6. The highest BCUT2D eigenvalue weighted by Gasteiger charge is 2.34. The smallest absolute Gasteiger partial charge is 0.231 e. The molecule has 3 aliphatic heterocycles. The van der Waals surface area contributed by atoms with Crippen LogP contribution in [0.15, 0.2) is 54.3 Å². The normalized spacial score (nSPS) is 17.1. The minimum absolute atomic E-state index is 0.134. The maximum atomic E-state index is 13.3. The first-order valence-corrected chi connectivity index (χ1v) is 11.7. The molecular formula is C28H25NO6. The monoisotopic (exact) mass is 471 g/mol. The van der Waals surface area contributed by atoms with Gasteiger partial charge in [0, 0.05) is 29.8 Å². The summed E-state index contributed by atoms with van der Waals surface area (Å²) in [5, 5.41) is 0. The Labute approximate surface area is 203 Å². The number of carbonyl (C=O) groups is 1. The predicted molar refractivity (Wildman–Crippen MR) is 129 cm³/mol. The van der Waals surface area contributed by atoms with E-state index in [1.165, 1.54) is 0 Å². The molecule has 3 aliphatic rings. The highest BCUT2D eigenvalue weighted by atomic mass is 16.7. The van der Waals surface area contributed by atoms with Gasteiger partial charge < -0.3 is 23.7 Å². The van der Waals surface area contributed by atoms with Crippen molar-refractivity contribution < 1.29 is 28.5 Å². The molecular weight excluding hydrogens is 446 g/mol. The van der Waals surface area contributed by atoms with E-state index in [1.807, 2.05) is 62.4 Å². The SMILES string of the molecule is CCOc1ccccc1/C=C1\Oc2c(cc3c(c2C)OCN(Cc2ccc4c(c2)OCO4)C3)C1=O. The molecule has 6 rings (SSSR count). The molecule has 3 aromatic carbocycles. The molecule has 35 heavy (non-hydrogen) atoms. The molecule has 178 valence electrons. The number of rotatable bonds is 5. The molecule has 3 aromatic rings. The lowest BCUT2D eigenvalue weighted by Gasteiger charge is -2.30. The van der Waals surface area contributed by atoms with E-state index in [-0.39, 0.29) is 18.3 Å². The molecule has 0 saturated carbocycles. The molecule has 7 nitrogen and oxygen atoms in total. The fourth-order valence-electron chi connectivity index (χ4n) is 4.72. The molecule has 0 amide bonds. The van der Waals surface area contributed by atoms with Gasteiger partial charge in [0.2, 0.25) is 12.6 Å². The molecule has 0 spiro atoms. The Balaban J connectivity index is 1.25. The van der Waals surface area contributed by atoms with Gasteiger partial charge in [-0.1, -0.05) is 24.3 Å². The van der Waals surface area contributed by atoms with Crippen LogP contribution < -0.4 is 23.7 Å². The van der Waals surface area contributed by atoms with Gasteiger partial charge >= 0.3 is 0 Å². The van der Waals surface area contributed by atoms with E-state index in [0.717, 1.165) is 39.5 Å². The molecule has 0 N–H and O–H groups in total. The number of ether oxygens (including phenoxy) is 5. The highest BCUT2D eigenvalue weighted by Crippen LogP contribution is 2.43. The predicted octanol–water partition coefficient (Wildman–Crippen LogP) is 5.09. The van der Waals surface area contributed by atoms with Crippen LogP contribution in [0.1, 0.15) is 39.5 Å². The first-order chi connectivity index (χ1) is 17.1. The summed E-state index contributed by atoms with van der Waals surface area (Å²) in [7, 11) is 0. The number of hydrogen-bond donors (Lipinski definition) is 0. The summed E-state index contributed by atoms with van der Waals surface area (Å²) in [5.41, 5.74) is 4.29. The van der Waals surface area contributed by atoms with Gasteiger partial charge in [-0.15, -0.1) is 0 Å². The van der Waals surface area contributed by atoms with Gasteiger partial charge in [0.05, 0.1) is 12.2 Å². The minimum Gasteiger partial charge on any atom is -0.493 e. The molecule has 7 heteroatoms. The zero-order valence-corrected chi connectivity index (χ0v) is 19.6. The van der Waals surface area contributed by atoms with E-state index in [4.69, 9.17) is 23.7 Å². The summed E-state index contributed by atoms with van der Waals surface area (Å²) in [6.07, 6.45) is 1.75. The molecule has 0 aliphatic carbocycles. The highest BCUT2D eigenvalue weighted by molar-refractivity contribution is 6.15. The standard InChI is InChI=1S/C28H25NO6/c1-3-31-22-7-5-4-6-19(22)12-25-26(30)21-11-20-14-29(15-32-27(20)17(2)28(21)35-25)13-18-8-9-23-24(10-18)34-16-33-23/h4-12H,3,13-16H2,1-2H3/b25-12-.